The first kappa shape index (κ1) is 30.4. The van der Waals surface area contributed by atoms with Gasteiger partial charge in [-0.2, -0.15) is 0 Å². The number of nitrogens with one attached hydrogen (secondary N) is 2. The average molecular weight is 626 g/mol. The molecule has 2 aromatic rings. The molecule has 5 aliphatic rings. The number of oxime groups is 1. The van der Waals surface area contributed by atoms with Crippen LogP contribution in [0.4, 0.5) is 0 Å². The molecule has 228 valence electrons. The second kappa shape index (κ2) is 11.4. The van der Waals surface area contributed by atoms with Gasteiger partial charge in [0.15, 0.2) is 0 Å². The van der Waals surface area contributed by atoms with Gasteiger partial charge in [-0.25, -0.2) is 0 Å². The van der Waals surface area contributed by atoms with E-state index in [1.165, 1.54) is 6.07 Å². The molecule has 2 bridgehead atoms. The lowest BCUT2D eigenvalue weighted by molar-refractivity contribution is -0.199. The summed E-state index contributed by atoms with van der Waals surface area (Å²) in [6.45, 7) is 8.95. The fraction of sp³-hybridized carbons (Fsp3) is 0.531. The van der Waals surface area contributed by atoms with Gasteiger partial charge in [0.05, 0.1) is 40.5 Å². The first-order valence-corrected chi connectivity index (χ1v) is 15.9. The van der Waals surface area contributed by atoms with Crippen molar-refractivity contribution >= 4 is 47.8 Å². The molecule has 8 nitrogen and oxygen atoms in total. The molecule has 11 heteroatoms. The van der Waals surface area contributed by atoms with E-state index in [9.17, 15) is 9.59 Å². The van der Waals surface area contributed by atoms with Gasteiger partial charge in [-0.3, -0.25) is 9.59 Å². The third-order valence-electron chi connectivity index (χ3n) is 10.3. The highest BCUT2D eigenvalue weighted by Crippen LogP contribution is 2.65. The second-order valence-corrected chi connectivity index (χ2v) is 14.1. The van der Waals surface area contributed by atoms with E-state index in [2.05, 4.69) is 36.6 Å². The molecule has 0 aromatic heterocycles. The van der Waals surface area contributed by atoms with Gasteiger partial charge >= 0.3 is 7.12 Å². The van der Waals surface area contributed by atoms with Crippen LogP contribution in [0.15, 0.2) is 53.7 Å². The van der Waals surface area contributed by atoms with Crippen molar-refractivity contribution in [2.45, 2.75) is 83.0 Å². The molecule has 2 aliphatic heterocycles. The lowest BCUT2D eigenvalue weighted by Gasteiger charge is -2.64. The summed E-state index contributed by atoms with van der Waals surface area (Å²) in [5.41, 5.74) is 0.312. The Morgan fingerprint density at radius 3 is 2.60 bits per heavy atom. The van der Waals surface area contributed by atoms with Crippen LogP contribution in [0.2, 0.25) is 10.0 Å². The Bertz CT molecular complexity index is 1440. The normalized spacial score (nSPS) is 30.9. The molecule has 4 fully saturated rings. The lowest BCUT2D eigenvalue weighted by Crippen LogP contribution is -2.65. The van der Waals surface area contributed by atoms with E-state index in [1.54, 1.807) is 12.1 Å². The quantitative estimate of drug-likeness (QED) is 0.351. The maximum Gasteiger partial charge on any atom is 0.481 e. The van der Waals surface area contributed by atoms with Gasteiger partial charge in [-0.1, -0.05) is 79.5 Å². The summed E-state index contributed by atoms with van der Waals surface area (Å²) in [4.78, 5) is 32.9. The van der Waals surface area contributed by atoms with Crippen molar-refractivity contribution in [2.24, 2.45) is 22.4 Å². The van der Waals surface area contributed by atoms with Crippen LogP contribution in [0.25, 0.3) is 0 Å². The summed E-state index contributed by atoms with van der Waals surface area (Å²) < 4.78 is 13.2. The Labute approximate surface area is 263 Å². The third-order valence-corrected chi connectivity index (χ3v) is 10.8. The predicted molar refractivity (Wildman–Crippen MR) is 167 cm³/mol. The Hall–Kier alpha value is -2.59. The van der Waals surface area contributed by atoms with Crippen molar-refractivity contribution in [3.05, 3.63) is 69.7 Å². The first-order chi connectivity index (χ1) is 20.4. The monoisotopic (exact) mass is 625 g/mol. The van der Waals surface area contributed by atoms with E-state index in [0.717, 1.165) is 18.4 Å². The maximum atomic E-state index is 14.1. The van der Waals surface area contributed by atoms with Gasteiger partial charge in [0.25, 0.3) is 11.8 Å². The molecule has 3 saturated carbocycles. The van der Waals surface area contributed by atoms with Crippen molar-refractivity contribution in [1.82, 2.24) is 10.6 Å². The minimum atomic E-state index is -1.29. The zero-order chi connectivity index (χ0) is 30.6. The van der Waals surface area contributed by atoms with Crippen LogP contribution in [0.1, 0.15) is 69.3 Å². The molecule has 43 heavy (non-hydrogen) atoms. The molecule has 1 saturated heterocycles. The number of halogens is 2. The summed E-state index contributed by atoms with van der Waals surface area (Å²) >= 11 is 12.3. The minimum Gasteiger partial charge on any atom is -0.404 e. The smallest absolute Gasteiger partial charge is 0.404 e. The van der Waals surface area contributed by atoms with E-state index in [0.29, 0.717) is 40.4 Å². The highest BCUT2D eigenvalue weighted by Gasteiger charge is 2.68. The first-order valence-electron chi connectivity index (χ1n) is 15.1. The molecule has 2 heterocycles. The number of carbonyl (C=O) groups is 2. The predicted octanol–water partition coefficient (Wildman–Crippen LogP) is 5.64. The van der Waals surface area contributed by atoms with Crippen molar-refractivity contribution in [3.63, 3.8) is 0 Å². The lowest BCUT2D eigenvalue weighted by atomic mass is 9.43. The van der Waals surface area contributed by atoms with Gasteiger partial charge in [-0.15, -0.1) is 0 Å². The molecule has 7 rings (SSSR count). The van der Waals surface area contributed by atoms with E-state index in [-0.39, 0.29) is 47.5 Å². The zero-order valence-electron chi connectivity index (χ0n) is 25.0. The Kier molecular flexibility index (Phi) is 8.07. The summed E-state index contributed by atoms with van der Waals surface area (Å²) in [7, 11) is -0.545. The largest absolute Gasteiger partial charge is 0.481 e. The number of hydrogen-bond donors (Lipinski definition) is 2. The van der Waals surface area contributed by atoms with Crippen LogP contribution in [-0.2, 0) is 25.4 Å². The topological polar surface area (TPSA) is 98.3 Å². The van der Waals surface area contributed by atoms with Gasteiger partial charge in [0, 0.05) is 17.9 Å². The number of benzene rings is 2. The molecule has 3 aliphatic carbocycles. The summed E-state index contributed by atoms with van der Waals surface area (Å²) in [6, 6.07) is 14.4. The average Bonchev–Trinajstić information content (AvgIpc) is 3.57. The SMILES string of the molecule is CC[C@H](NC(=O)C1(Cc2ccccc2)CC(CNC(=O)c2cc(Cl)ccc2Cl)=NO1)B1O[C@@H]2C[C@@H]3C[C@@H](C3(C)C)[C@]2(C)O1. The van der Waals surface area contributed by atoms with E-state index in [4.69, 9.17) is 37.3 Å². The van der Waals surface area contributed by atoms with E-state index >= 15 is 0 Å². The highest BCUT2D eigenvalue weighted by atomic mass is 35.5. The number of carbonyl (C=O) groups excluding carboxylic acids is 2. The fourth-order valence-electron chi connectivity index (χ4n) is 7.55. The minimum absolute atomic E-state index is 0.0211. The number of hydrogen-bond acceptors (Lipinski definition) is 6. The van der Waals surface area contributed by atoms with Crippen molar-refractivity contribution in [2.75, 3.05) is 6.54 Å². The van der Waals surface area contributed by atoms with Gasteiger partial charge in [0.1, 0.15) is 0 Å². The van der Waals surface area contributed by atoms with Crippen LogP contribution < -0.4 is 10.6 Å². The maximum absolute atomic E-state index is 14.1. The Balaban J connectivity index is 1.15. The van der Waals surface area contributed by atoms with Crippen LogP contribution in [-0.4, -0.2) is 54.4 Å². The molecule has 1 unspecified atom stereocenters. The van der Waals surface area contributed by atoms with Crippen LogP contribution in [0, 0.1) is 17.3 Å². The van der Waals surface area contributed by atoms with Gasteiger partial charge in [0.2, 0.25) is 5.60 Å². The van der Waals surface area contributed by atoms with Gasteiger partial charge in [-0.05, 0) is 67.2 Å². The molecule has 0 spiro atoms. The Morgan fingerprint density at radius 1 is 1.12 bits per heavy atom. The van der Waals surface area contributed by atoms with E-state index in [1.807, 2.05) is 37.3 Å². The fourth-order valence-corrected chi connectivity index (χ4v) is 7.92. The molecule has 2 N–H and O–H groups in total. The molecule has 6 atom stereocenters. The molecule has 2 amide bonds. The summed E-state index contributed by atoms with van der Waals surface area (Å²) in [5, 5.41) is 11.0. The number of nitrogens with zero attached hydrogens (tertiary/aromatic N) is 1. The summed E-state index contributed by atoms with van der Waals surface area (Å²) in [6.07, 6.45) is 3.30. The molecule has 0 radical (unpaired) electrons. The van der Waals surface area contributed by atoms with Crippen molar-refractivity contribution in [1.29, 1.82) is 0 Å². The van der Waals surface area contributed by atoms with Gasteiger partial charge < -0.3 is 24.8 Å². The standard InChI is InChI=1S/C32H38BCl2N3O5/c1-5-27(33-41-26-14-20-13-25(30(20,2)3)31(26,4)42-33)37-29(40)32(16-19-9-7-6-8-10-19)17-22(38-43-32)18-36-28(39)23-15-21(34)11-12-24(23)35/h6-12,15,20,25-27H,5,13-14,16-18H2,1-4H3,(H,36,39)(H,37,40)/t20-,25-,26+,27-,31-,32?/m0/s1. The third kappa shape index (κ3) is 5.47. The van der Waals surface area contributed by atoms with E-state index < -0.39 is 18.6 Å². The Morgan fingerprint density at radius 2 is 1.88 bits per heavy atom. The molecular weight excluding hydrogens is 588 g/mol. The zero-order valence-corrected chi connectivity index (χ0v) is 26.5. The number of amides is 2. The van der Waals surface area contributed by atoms with Crippen LogP contribution in [0.5, 0.6) is 0 Å². The molecule has 2 aromatic carbocycles. The highest BCUT2D eigenvalue weighted by molar-refractivity contribution is 6.48. The second-order valence-electron chi connectivity index (χ2n) is 13.2. The summed E-state index contributed by atoms with van der Waals surface area (Å²) in [5.74, 6) is 0.0261. The van der Waals surface area contributed by atoms with Crippen LogP contribution >= 0.6 is 23.2 Å². The van der Waals surface area contributed by atoms with Crippen molar-refractivity contribution < 1.29 is 23.7 Å². The van der Waals surface area contributed by atoms with Crippen LogP contribution in [0.3, 0.4) is 0 Å². The molecular formula is C32H38BCl2N3O5. The van der Waals surface area contributed by atoms with Crippen molar-refractivity contribution in [3.8, 4) is 0 Å². The number of rotatable bonds is 9.